The van der Waals surface area contributed by atoms with Gasteiger partial charge in [-0.1, -0.05) is 24.3 Å². The van der Waals surface area contributed by atoms with E-state index >= 15 is 0 Å². The van der Waals surface area contributed by atoms with Gasteiger partial charge in [-0.25, -0.2) is 19.9 Å². The van der Waals surface area contributed by atoms with Gasteiger partial charge in [-0.05, 0) is 48.5 Å². The molecule has 210 valence electrons. The van der Waals surface area contributed by atoms with Gasteiger partial charge >= 0.3 is 0 Å². The third-order valence-electron chi connectivity index (χ3n) is 6.90. The predicted octanol–water partition coefficient (Wildman–Crippen LogP) is 5.36. The average molecular weight is 605 g/mol. The lowest BCUT2D eigenvalue weighted by atomic mass is 10.0. The Kier molecular flexibility index (Phi) is 8.00. The average Bonchev–Trinajstić information content (AvgIpc) is 3.73. The molecule has 0 atom stereocenters. The van der Waals surface area contributed by atoms with Gasteiger partial charge in [0.15, 0.2) is 0 Å². The minimum absolute atomic E-state index is 0.455. The number of nitrogens with zero attached hydrogens (tertiary/aromatic N) is 4. The largest absolute Gasteiger partial charge is 0.337 e. The van der Waals surface area contributed by atoms with Crippen LogP contribution < -0.4 is 0 Å². The molecule has 0 unspecified atom stereocenters. The molecule has 8 nitrogen and oxygen atoms in total. The fourth-order valence-electron chi connectivity index (χ4n) is 5.07. The number of ether oxygens (including phenoxy) is 4. The predicted molar refractivity (Wildman–Crippen MR) is 160 cm³/mol. The highest BCUT2D eigenvalue weighted by molar-refractivity contribution is 8.04. The van der Waals surface area contributed by atoms with Crippen LogP contribution in [0.25, 0.3) is 11.4 Å². The first-order valence-electron chi connectivity index (χ1n) is 13.5. The SMILES string of the molecule is c1cc2nc(c1)C1(OCCO1)c1cccc(n1)-c1cccc(n1)C1(OCCO1)c1cccc(n1)SCCSCCS2. The molecule has 0 radical (unpaired) electrons. The third kappa shape index (κ3) is 5.40. The summed E-state index contributed by atoms with van der Waals surface area (Å²) in [4.78, 5) is 19.9. The second-order valence-corrected chi connectivity index (χ2v) is 12.9. The first-order valence-corrected chi connectivity index (χ1v) is 16.7. The number of hydrogen-bond donors (Lipinski definition) is 0. The second-order valence-electron chi connectivity index (χ2n) is 9.47. The van der Waals surface area contributed by atoms with Crippen molar-refractivity contribution in [2.45, 2.75) is 21.6 Å². The highest BCUT2D eigenvalue weighted by Gasteiger charge is 2.45. The van der Waals surface area contributed by atoms with Crippen molar-refractivity contribution in [1.82, 2.24) is 19.9 Å². The van der Waals surface area contributed by atoms with Gasteiger partial charge in [0, 0.05) is 23.0 Å². The molecule has 4 aromatic heterocycles. The molecule has 2 spiro atoms. The fourth-order valence-corrected chi connectivity index (χ4v) is 7.98. The molecule has 2 fully saturated rings. The smallest absolute Gasteiger partial charge is 0.257 e. The van der Waals surface area contributed by atoms with Crippen molar-refractivity contribution in [3.05, 3.63) is 95.6 Å². The van der Waals surface area contributed by atoms with E-state index in [1.807, 2.05) is 84.6 Å². The lowest BCUT2D eigenvalue weighted by Gasteiger charge is -2.27. The Morgan fingerprint density at radius 3 is 1.29 bits per heavy atom. The molecule has 0 N–H and O–H groups in total. The lowest BCUT2D eigenvalue weighted by Crippen LogP contribution is -2.32. The van der Waals surface area contributed by atoms with E-state index in [1.54, 1.807) is 23.5 Å². The van der Waals surface area contributed by atoms with Crippen molar-refractivity contribution in [2.24, 2.45) is 0 Å². The number of rotatable bonds is 0. The molecule has 0 amide bonds. The number of fused-ring (bicyclic) bond motifs is 13. The Labute approximate surface area is 251 Å². The summed E-state index contributed by atoms with van der Waals surface area (Å²) in [7, 11) is 0. The highest BCUT2D eigenvalue weighted by Crippen LogP contribution is 2.40. The maximum absolute atomic E-state index is 6.27. The Morgan fingerprint density at radius 2 is 0.854 bits per heavy atom. The molecular formula is C30H28N4O4S3. The first kappa shape index (κ1) is 27.3. The van der Waals surface area contributed by atoms with Crippen molar-refractivity contribution < 1.29 is 18.9 Å². The van der Waals surface area contributed by atoms with Gasteiger partial charge in [-0.15, -0.1) is 23.5 Å². The van der Waals surface area contributed by atoms with Gasteiger partial charge in [0.1, 0.15) is 22.8 Å². The molecule has 4 aromatic rings. The molecule has 0 saturated carbocycles. The lowest BCUT2D eigenvalue weighted by molar-refractivity contribution is -0.136. The van der Waals surface area contributed by atoms with Crippen LogP contribution >= 0.6 is 35.3 Å². The van der Waals surface area contributed by atoms with Crippen molar-refractivity contribution in [3.8, 4) is 11.4 Å². The van der Waals surface area contributed by atoms with Gasteiger partial charge in [0.05, 0.1) is 47.9 Å². The number of thioether (sulfide) groups is 3. The summed E-state index contributed by atoms with van der Waals surface area (Å²) < 4.78 is 25.1. The minimum Gasteiger partial charge on any atom is -0.337 e. The third-order valence-corrected chi connectivity index (χ3v) is 10.3. The van der Waals surface area contributed by atoms with Gasteiger partial charge in [-0.3, -0.25) is 0 Å². The number of hydrogen-bond acceptors (Lipinski definition) is 11. The molecule has 2 saturated heterocycles. The second kappa shape index (κ2) is 12.0. The van der Waals surface area contributed by atoms with E-state index in [-0.39, 0.29) is 0 Å². The fraction of sp³-hybridized carbons (Fsp3) is 0.333. The Balaban J connectivity index is 1.34. The highest BCUT2D eigenvalue weighted by atomic mass is 32.2. The number of aromatic nitrogens is 4. The Hall–Kier alpha value is -2.51. The van der Waals surface area contributed by atoms with Crippen molar-refractivity contribution >= 4 is 35.3 Å². The molecule has 8 bridgehead atoms. The van der Waals surface area contributed by atoms with E-state index in [4.69, 9.17) is 38.9 Å². The van der Waals surface area contributed by atoms with Crippen LogP contribution in [0.2, 0.25) is 0 Å². The van der Waals surface area contributed by atoms with Gasteiger partial charge in [0.25, 0.3) is 11.6 Å². The molecule has 0 aromatic carbocycles. The van der Waals surface area contributed by atoms with Gasteiger partial charge in [0.2, 0.25) is 0 Å². The minimum atomic E-state index is -1.18. The Morgan fingerprint density at radius 1 is 0.463 bits per heavy atom. The summed E-state index contributed by atoms with van der Waals surface area (Å²) in [5.74, 6) is 1.61. The topological polar surface area (TPSA) is 88.5 Å². The summed E-state index contributed by atoms with van der Waals surface area (Å²) >= 11 is 5.41. The van der Waals surface area contributed by atoms with E-state index in [0.717, 1.165) is 33.1 Å². The quantitative estimate of drug-likeness (QED) is 0.260. The zero-order chi connectivity index (χ0) is 27.5. The summed E-state index contributed by atoms with van der Waals surface area (Å²) in [5, 5.41) is 1.88. The van der Waals surface area contributed by atoms with Crippen LogP contribution in [-0.2, 0) is 30.5 Å². The van der Waals surface area contributed by atoms with Crippen LogP contribution in [0.4, 0.5) is 0 Å². The molecule has 0 aliphatic carbocycles. The van der Waals surface area contributed by atoms with Crippen LogP contribution in [0.1, 0.15) is 22.8 Å². The van der Waals surface area contributed by atoms with Crippen LogP contribution in [-0.4, -0.2) is 69.4 Å². The molecule has 3 aliphatic rings. The van der Waals surface area contributed by atoms with E-state index in [9.17, 15) is 0 Å². The summed E-state index contributed by atoms with van der Waals surface area (Å²) in [5.41, 5.74) is 4.01. The summed E-state index contributed by atoms with van der Waals surface area (Å²) in [6.07, 6.45) is 0. The summed E-state index contributed by atoms with van der Waals surface area (Å²) in [6.45, 7) is 1.82. The standard InChI is InChI=1S/C30H28N4O4S3/c1-5-21-22-6-2-8-24(32-22)30(37-15-16-38-30)26-10-4-12-28(34-26)41-20-18-39-17-19-40-27-11-3-9-25(33-27)29(23(7-1)31-21)35-13-14-36-29/h1-12H,13-20H2. The normalized spacial score (nSPS) is 20.1. The molecule has 3 aliphatic heterocycles. The summed E-state index contributed by atoms with van der Waals surface area (Å²) in [6, 6.07) is 23.6. The zero-order valence-corrected chi connectivity index (χ0v) is 24.7. The van der Waals surface area contributed by atoms with Crippen LogP contribution in [0, 0.1) is 0 Å². The molecule has 11 heteroatoms. The monoisotopic (exact) mass is 604 g/mol. The van der Waals surface area contributed by atoms with Crippen LogP contribution in [0.5, 0.6) is 0 Å². The maximum atomic E-state index is 6.27. The molecular weight excluding hydrogens is 577 g/mol. The van der Waals surface area contributed by atoms with Crippen molar-refractivity contribution in [2.75, 3.05) is 49.4 Å². The molecule has 7 rings (SSSR count). The van der Waals surface area contributed by atoms with Crippen molar-refractivity contribution in [3.63, 3.8) is 0 Å². The van der Waals surface area contributed by atoms with E-state index in [2.05, 4.69) is 0 Å². The van der Waals surface area contributed by atoms with Gasteiger partial charge < -0.3 is 18.9 Å². The van der Waals surface area contributed by atoms with E-state index in [0.29, 0.717) is 60.6 Å². The Bertz CT molecular complexity index is 1420. The zero-order valence-electron chi connectivity index (χ0n) is 22.2. The first-order chi connectivity index (χ1) is 20.3. The van der Waals surface area contributed by atoms with Gasteiger partial charge in [-0.2, -0.15) is 11.8 Å². The van der Waals surface area contributed by atoms with Crippen molar-refractivity contribution in [1.29, 1.82) is 0 Å². The van der Waals surface area contributed by atoms with Crippen LogP contribution in [0.15, 0.2) is 82.8 Å². The maximum Gasteiger partial charge on any atom is 0.257 e. The van der Waals surface area contributed by atoms with Crippen LogP contribution in [0.3, 0.4) is 0 Å². The molecule has 41 heavy (non-hydrogen) atoms. The van der Waals surface area contributed by atoms with E-state index < -0.39 is 11.6 Å². The van der Waals surface area contributed by atoms with E-state index in [1.165, 1.54) is 0 Å². The molecule has 7 heterocycles. The number of pyridine rings is 4.